The van der Waals surface area contributed by atoms with E-state index in [4.69, 9.17) is 44.6 Å². The number of nitrogens with zero attached hydrogens (tertiary/aromatic N) is 3. The Bertz CT molecular complexity index is 796. The Kier molecular flexibility index (Phi) is 13.6. The van der Waals surface area contributed by atoms with Crippen molar-refractivity contribution in [3.63, 3.8) is 0 Å². The van der Waals surface area contributed by atoms with Crippen LogP contribution in [0.4, 0.5) is 11.9 Å². The first-order valence-electron chi connectivity index (χ1n) is 7.86. The summed E-state index contributed by atoms with van der Waals surface area (Å²) in [7, 11) is 1.34. The summed E-state index contributed by atoms with van der Waals surface area (Å²) >= 11 is 17.1. The molecule has 2 aromatic rings. The molecule has 0 saturated heterocycles. The van der Waals surface area contributed by atoms with E-state index in [0.29, 0.717) is 11.9 Å². The molecule has 0 aliphatic heterocycles. The molecular weight excluding hydrogens is 456 g/mol. The average Bonchev–Trinajstić information content (AvgIpc) is 2.56. The molecule has 0 fully saturated rings. The molecule has 1 heterocycles. The third kappa shape index (κ3) is 8.96. The maximum absolute atomic E-state index is 10.7. The summed E-state index contributed by atoms with van der Waals surface area (Å²) in [6.45, 7) is 6.73. The monoisotopic (exact) mass is 475 g/mol. The second-order valence-electron chi connectivity index (χ2n) is 5.32. The molecule has 1 aromatic heterocycles. The Hall–Kier alpha value is -0.394. The van der Waals surface area contributed by atoms with Crippen LogP contribution in [-0.4, -0.2) is 97.1 Å². The molecule has 2 rings (SSSR count). The van der Waals surface area contributed by atoms with E-state index in [1.165, 1.54) is 19.2 Å². The van der Waals surface area contributed by atoms with Crippen molar-refractivity contribution in [1.29, 1.82) is 0 Å². The fraction of sp³-hybridized carbons (Fsp3) is 0.375. The van der Waals surface area contributed by atoms with Gasteiger partial charge in [0.05, 0.1) is 17.2 Å². The number of anilines is 2. The molecule has 3 N–H and O–H groups in total. The molecule has 0 saturated carbocycles. The summed E-state index contributed by atoms with van der Waals surface area (Å²) in [6, 6.07) is 3.16. The standard InChI is InChI=1S/C8H6Cl2O3.C8H14ClN5.K.H/c1-13-7-5(10)3-2-4(9)6(7)8(11)12;1-4-10-7-12-6(9)13-8(14-7)11-5(2)3;;/h2-3H,1H3,(H,11,12);5H,4H2,1-3H3,(H2,10,11,12,13,14);;. The third-order valence-electron chi connectivity index (χ3n) is 2.84. The number of carboxylic acids is 1. The zero-order valence-electron chi connectivity index (χ0n) is 15.2. The number of methoxy groups -OCH3 is 1. The number of halogens is 3. The SMILES string of the molecule is CCNc1nc(Cl)nc(NC(C)C)n1.COc1c(Cl)ccc(Cl)c1C(=O)O.[KH]. The van der Waals surface area contributed by atoms with Crippen LogP contribution in [-0.2, 0) is 0 Å². The summed E-state index contributed by atoms with van der Waals surface area (Å²) in [5.74, 6) is -0.0855. The van der Waals surface area contributed by atoms with Gasteiger partial charge in [0.1, 0.15) is 5.56 Å². The van der Waals surface area contributed by atoms with Gasteiger partial charge in [-0.3, -0.25) is 0 Å². The van der Waals surface area contributed by atoms with Crippen LogP contribution >= 0.6 is 34.8 Å². The molecule has 0 aliphatic carbocycles. The molecule has 1 aromatic carbocycles. The van der Waals surface area contributed by atoms with E-state index in [2.05, 4.69) is 25.6 Å². The van der Waals surface area contributed by atoms with Crippen molar-refractivity contribution < 1.29 is 14.6 Å². The minimum absolute atomic E-state index is 0. The second-order valence-corrected chi connectivity index (χ2v) is 6.48. The van der Waals surface area contributed by atoms with Crippen LogP contribution in [0, 0.1) is 0 Å². The Morgan fingerprint density at radius 1 is 1.14 bits per heavy atom. The normalized spacial score (nSPS) is 9.71. The second kappa shape index (κ2) is 13.8. The predicted molar refractivity (Wildman–Crippen MR) is 115 cm³/mol. The third-order valence-corrected chi connectivity index (χ3v) is 3.62. The molecule has 0 aliphatic rings. The number of nitrogens with one attached hydrogen (secondary N) is 2. The van der Waals surface area contributed by atoms with Crippen molar-refractivity contribution in [3.05, 3.63) is 33.0 Å². The molecule has 0 unspecified atom stereocenters. The molecule has 0 bridgehead atoms. The number of benzene rings is 1. The van der Waals surface area contributed by atoms with E-state index in [9.17, 15) is 4.79 Å². The van der Waals surface area contributed by atoms with Gasteiger partial charge >= 0.3 is 57.4 Å². The van der Waals surface area contributed by atoms with Gasteiger partial charge in [-0.25, -0.2) is 4.79 Å². The van der Waals surface area contributed by atoms with Crippen LogP contribution in [0.2, 0.25) is 15.3 Å². The van der Waals surface area contributed by atoms with Gasteiger partial charge in [0.2, 0.25) is 17.2 Å². The molecule has 12 heteroatoms. The van der Waals surface area contributed by atoms with Crippen molar-refractivity contribution in [3.8, 4) is 5.75 Å². The fourth-order valence-corrected chi connectivity index (χ4v) is 2.47. The van der Waals surface area contributed by atoms with Gasteiger partial charge in [-0.05, 0) is 44.5 Å². The molecule has 0 radical (unpaired) electrons. The van der Waals surface area contributed by atoms with Crippen LogP contribution in [0.15, 0.2) is 12.1 Å². The van der Waals surface area contributed by atoms with Crippen molar-refractivity contribution >= 4 is 104 Å². The number of rotatable bonds is 6. The first-order chi connectivity index (χ1) is 12.7. The van der Waals surface area contributed by atoms with E-state index < -0.39 is 5.97 Å². The van der Waals surface area contributed by atoms with Crippen LogP contribution in [0.1, 0.15) is 31.1 Å². The van der Waals surface area contributed by atoms with E-state index in [1.54, 1.807) is 0 Å². The van der Waals surface area contributed by atoms with E-state index in [0.717, 1.165) is 6.54 Å². The topological polar surface area (TPSA) is 109 Å². The number of aromatic carboxylic acids is 1. The van der Waals surface area contributed by atoms with Gasteiger partial charge in [-0.15, -0.1) is 0 Å². The first-order valence-corrected chi connectivity index (χ1v) is 9.00. The molecule has 150 valence electrons. The summed E-state index contributed by atoms with van der Waals surface area (Å²) < 4.78 is 4.82. The number of carbonyl (C=O) groups is 1. The Labute approximate surface area is 221 Å². The minimum atomic E-state index is -1.16. The van der Waals surface area contributed by atoms with Gasteiger partial charge in [-0.2, -0.15) is 15.0 Å². The number of hydrogen-bond donors (Lipinski definition) is 3. The summed E-state index contributed by atoms with van der Waals surface area (Å²) in [5.41, 5.74) is -0.114. The van der Waals surface area contributed by atoms with Gasteiger partial charge < -0.3 is 20.5 Å². The zero-order chi connectivity index (χ0) is 20.6. The molecule has 0 amide bonds. The van der Waals surface area contributed by atoms with Crippen LogP contribution in [0.25, 0.3) is 0 Å². The van der Waals surface area contributed by atoms with Crippen LogP contribution in [0.3, 0.4) is 0 Å². The molecule has 28 heavy (non-hydrogen) atoms. The van der Waals surface area contributed by atoms with Gasteiger partial charge in [0.25, 0.3) is 0 Å². The Balaban J connectivity index is 0.000000504. The van der Waals surface area contributed by atoms with Gasteiger partial charge in [-0.1, -0.05) is 23.2 Å². The van der Waals surface area contributed by atoms with Gasteiger partial charge in [0, 0.05) is 12.6 Å². The van der Waals surface area contributed by atoms with Crippen molar-refractivity contribution in [2.45, 2.75) is 26.8 Å². The number of hydrogen-bond acceptors (Lipinski definition) is 7. The van der Waals surface area contributed by atoms with Crippen molar-refractivity contribution in [2.75, 3.05) is 24.3 Å². The Morgan fingerprint density at radius 3 is 2.18 bits per heavy atom. The van der Waals surface area contributed by atoms with Crippen LogP contribution in [0.5, 0.6) is 5.75 Å². The van der Waals surface area contributed by atoms with Gasteiger partial charge in [0.15, 0.2) is 5.75 Å². The predicted octanol–water partition coefficient (Wildman–Crippen LogP) is 3.83. The van der Waals surface area contributed by atoms with Crippen molar-refractivity contribution in [2.24, 2.45) is 0 Å². The molecule has 8 nitrogen and oxygen atoms in total. The summed E-state index contributed by atoms with van der Waals surface area (Å²) in [4.78, 5) is 22.7. The summed E-state index contributed by atoms with van der Waals surface area (Å²) in [6.07, 6.45) is 0. The quantitative estimate of drug-likeness (QED) is 0.540. The molecule has 0 atom stereocenters. The maximum atomic E-state index is 10.7. The van der Waals surface area contributed by atoms with Crippen molar-refractivity contribution in [1.82, 2.24) is 15.0 Å². The summed E-state index contributed by atoms with van der Waals surface area (Å²) in [5, 5.41) is 15.3. The van der Waals surface area contributed by atoms with E-state index in [1.807, 2.05) is 20.8 Å². The first kappa shape index (κ1) is 27.6. The Morgan fingerprint density at radius 2 is 1.71 bits per heavy atom. The molecular formula is C16H21Cl3KN5O3. The zero-order valence-corrected chi connectivity index (χ0v) is 17.4. The van der Waals surface area contributed by atoms with E-state index >= 15 is 0 Å². The molecule has 0 spiro atoms. The van der Waals surface area contributed by atoms with E-state index in [-0.39, 0.29) is 84.1 Å². The fourth-order valence-electron chi connectivity index (χ4n) is 1.84. The van der Waals surface area contributed by atoms with Crippen LogP contribution < -0.4 is 15.4 Å². The average molecular weight is 477 g/mol. The number of ether oxygens (including phenoxy) is 1. The number of aromatic nitrogens is 3. The number of carboxylic acid groups (broad SMARTS) is 1.